The van der Waals surface area contributed by atoms with Crippen LogP contribution in [-0.2, 0) is 38.4 Å². The Balaban J connectivity index is 5.53. The molecule has 296 valence electrons. The van der Waals surface area contributed by atoms with Gasteiger partial charge in [0.05, 0.1) is 19.2 Å². The molecule has 0 saturated heterocycles. The Morgan fingerprint density at radius 2 is 1.23 bits per heavy atom. The van der Waals surface area contributed by atoms with Gasteiger partial charge < -0.3 is 64.3 Å². The standard InChI is InChI=1S/C32H59N11O9/c1-19(2)27(31(52)42-25(12-6-8-14-37-21(4)47)30(51)40-22(17-44)18-45)43-26(48)16-39-29(50)24(11-5-7-13-36-20(3)46)41-28(49)23(33)10-9-15-38-32(34)35/h17,19,22-25,27,45H,5-16,18,33H2,1-4H3,(H,36,46)(H,37,47)(H,39,50)(H,40,51)(H,41,49)(H,42,52)(H,43,48)(H4,34,35,38)/t22-,23+,24+,25+,27+/m1/s1. The van der Waals surface area contributed by atoms with Gasteiger partial charge in [0, 0.05) is 33.5 Å². The Morgan fingerprint density at radius 1 is 0.692 bits per heavy atom. The van der Waals surface area contributed by atoms with E-state index in [0.29, 0.717) is 51.5 Å². The Hall–Kier alpha value is -4.85. The van der Waals surface area contributed by atoms with E-state index in [1.165, 1.54) is 13.8 Å². The molecule has 0 aliphatic heterocycles. The summed E-state index contributed by atoms with van der Waals surface area (Å²) in [6.07, 6.45) is 3.15. The SMILES string of the molecule is CC(=O)NCCCC[C@H](NC(=O)[C@@H](NC(=O)CNC(=O)[C@H](CCCCNC(C)=O)NC(=O)[C@@H](N)CCCN=C(N)N)C(C)C)C(=O)N[C@H](C=O)CO. The fourth-order valence-corrected chi connectivity index (χ4v) is 4.66. The zero-order valence-corrected chi connectivity index (χ0v) is 30.6. The van der Waals surface area contributed by atoms with E-state index in [1.807, 2.05) is 0 Å². The summed E-state index contributed by atoms with van der Waals surface area (Å²) in [4.78, 5) is 102. The summed E-state index contributed by atoms with van der Waals surface area (Å²) in [5, 5.41) is 27.2. The Kier molecular flexibility index (Phi) is 24.4. The Labute approximate surface area is 304 Å². The minimum Gasteiger partial charge on any atom is -0.394 e. The number of carbonyl (C=O) groups is 8. The highest BCUT2D eigenvalue weighted by Crippen LogP contribution is 2.07. The number of aldehydes is 1. The molecule has 0 aromatic rings. The third kappa shape index (κ3) is 22.1. The minimum absolute atomic E-state index is 0.0930. The third-order valence-corrected chi connectivity index (χ3v) is 7.53. The topological polar surface area (TPSA) is 331 Å². The Morgan fingerprint density at radius 3 is 1.71 bits per heavy atom. The monoisotopic (exact) mass is 741 g/mol. The first-order valence-electron chi connectivity index (χ1n) is 17.4. The van der Waals surface area contributed by atoms with Gasteiger partial charge in [0.15, 0.2) is 5.96 Å². The van der Waals surface area contributed by atoms with Gasteiger partial charge in [-0.3, -0.25) is 38.6 Å². The van der Waals surface area contributed by atoms with E-state index < -0.39 is 78.8 Å². The molecule has 52 heavy (non-hydrogen) atoms. The van der Waals surface area contributed by atoms with Crippen molar-refractivity contribution >= 4 is 53.6 Å². The van der Waals surface area contributed by atoms with Crippen LogP contribution < -0.4 is 54.4 Å². The molecular weight excluding hydrogens is 682 g/mol. The van der Waals surface area contributed by atoms with Gasteiger partial charge in [-0.1, -0.05) is 13.8 Å². The lowest BCUT2D eigenvalue weighted by atomic mass is 10.0. The molecule has 0 bridgehead atoms. The molecule has 0 spiro atoms. The molecule has 20 nitrogen and oxygen atoms in total. The average Bonchev–Trinajstić information content (AvgIpc) is 3.07. The first-order chi connectivity index (χ1) is 24.5. The first kappa shape index (κ1) is 47.1. The molecule has 20 heteroatoms. The van der Waals surface area contributed by atoms with Gasteiger partial charge >= 0.3 is 0 Å². The lowest BCUT2D eigenvalue weighted by molar-refractivity contribution is -0.134. The van der Waals surface area contributed by atoms with Gasteiger partial charge in [0.2, 0.25) is 41.4 Å². The van der Waals surface area contributed by atoms with E-state index in [4.69, 9.17) is 17.2 Å². The second kappa shape index (κ2) is 26.9. The van der Waals surface area contributed by atoms with Crippen LogP contribution in [0, 0.1) is 5.92 Å². The molecular formula is C32H59N11O9. The zero-order valence-electron chi connectivity index (χ0n) is 30.6. The van der Waals surface area contributed by atoms with Gasteiger partial charge in [-0.2, -0.15) is 0 Å². The fraction of sp³-hybridized carbons (Fsp3) is 0.719. The number of guanidine groups is 1. The van der Waals surface area contributed by atoms with Gasteiger partial charge in [0.1, 0.15) is 30.5 Å². The molecule has 0 aliphatic rings. The summed E-state index contributed by atoms with van der Waals surface area (Å²) in [5.41, 5.74) is 16.6. The maximum absolute atomic E-state index is 13.3. The number of hydrogen-bond donors (Lipinski definition) is 11. The first-order valence-corrected chi connectivity index (χ1v) is 17.4. The van der Waals surface area contributed by atoms with Crippen LogP contribution in [0.4, 0.5) is 0 Å². The molecule has 0 aromatic heterocycles. The second-order valence-corrected chi connectivity index (χ2v) is 12.6. The van der Waals surface area contributed by atoms with Crippen molar-refractivity contribution in [1.29, 1.82) is 0 Å². The van der Waals surface area contributed by atoms with Crippen LogP contribution in [0.25, 0.3) is 0 Å². The summed E-state index contributed by atoms with van der Waals surface area (Å²) in [5.74, 6) is -4.42. The van der Waals surface area contributed by atoms with Crippen LogP contribution in [0.2, 0.25) is 0 Å². The van der Waals surface area contributed by atoms with Crippen molar-refractivity contribution < 1.29 is 43.5 Å². The number of unbranched alkanes of at least 4 members (excludes halogenated alkanes) is 2. The maximum atomic E-state index is 13.3. The predicted molar refractivity (Wildman–Crippen MR) is 192 cm³/mol. The highest BCUT2D eigenvalue weighted by Gasteiger charge is 2.30. The molecule has 14 N–H and O–H groups in total. The number of carbonyl (C=O) groups excluding carboxylic acids is 8. The summed E-state index contributed by atoms with van der Waals surface area (Å²) in [6, 6.07) is -5.49. The van der Waals surface area contributed by atoms with Gasteiger partial charge in [0.25, 0.3) is 0 Å². The van der Waals surface area contributed by atoms with Crippen molar-refractivity contribution in [3.8, 4) is 0 Å². The number of amides is 7. The summed E-state index contributed by atoms with van der Waals surface area (Å²) >= 11 is 0. The largest absolute Gasteiger partial charge is 0.394 e. The normalized spacial score (nSPS) is 13.6. The van der Waals surface area contributed by atoms with Crippen molar-refractivity contribution in [2.24, 2.45) is 28.1 Å². The quantitative estimate of drug-likeness (QED) is 0.0166. The Bertz CT molecular complexity index is 1210. The molecule has 0 fully saturated rings. The molecule has 0 radical (unpaired) electrons. The van der Waals surface area contributed by atoms with E-state index in [1.54, 1.807) is 13.8 Å². The molecule has 0 aromatic carbocycles. The van der Waals surface area contributed by atoms with Crippen LogP contribution in [0.15, 0.2) is 4.99 Å². The zero-order chi connectivity index (χ0) is 39.6. The van der Waals surface area contributed by atoms with E-state index in [2.05, 4.69) is 42.2 Å². The van der Waals surface area contributed by atoms with Gasteiger partial charge in [-0.05, 0) is 57.3 Å². The minimum atomic E-state index is -1.19. The van der Waals surface area contributed by atoms with Crippen LogP contribution in [0.5, 0.6) is 0 Å². The maximum Gasteiger partial charge on any atom is 0.243 e. The van der Waals surface area contributed by atoms with Gasteiger partial charge in [-0.25, -0.2) is 0 Å². The van der Waals surface area contributed by atoms with Crippen molar-refractivity contribution in [3.05, 3.63) is 0 Å². The number of hydrogen-bond acceptors (Lipinski definition) is 11. The highest BCUT2D eigenvalue weighted by atomic mass is 16.3. The van der Waals surface area contributed by atoms with E-state index in [9.17, 15) is 43.5 Å². The molecule has 0 aliphatic carbocycles. The second-order valence-electron chi connectivity index (χ2n) is 12.6. The molecule has 0 saturated carbocycles. The van der Waals surface area contributed by atoms with Crippen LogP contribution in [0.1, 0.15) is 79.1 Å². The number of rotatable bonds is 27. The molecule has 0 rings (SSSR count). The number of nitrogens with two attached hydrogens (primary N) is 3. The van der Waals surface area contributed by atoms with E-state index >= 15 is 0 Å². The summed E-state index contributed by atoms with van der Waals surface area (Å²) in [6.45, 7) is 5.83. The summed E-state index contributed by atoms with van der Waals surface area (Å²) < 4.78 is 0. The van der Waals surface area contributed by atoms with Crippen molar-refractivity contribution in [2.75, 3.05) is 32.8 Å². The number of aliphatic hydroxyl groups excluding tert-OH is 1. The number of aliphatic imine (C=N–C) groups is 1. The van der Waals surface area contributed by atoms with Gasteiger partial charge in [-0.15, -0.1) is 0 Å². The smallest absolute Gasteiger partial charge is 0.243 e. The molecule has 0 unspecified atom stereocenters. The highest BCUT2D eigenvalue weighted by molar-refractivity contribution is 5.95. The lowest BCUT2D eigenvalue weighted by Crippen LogP contribution is -2.58. The predicted octanol–water partition coefficient (Wildman–Crippen LogP) is -4.12. The third-order valence-electron chi connectivity index (χ3n) is 7.53. The molecule has 7 amide bonds. The lowest BCUT2D eigenvalue weighted by Gasteiger charge is -2.26. The fourth-order valence-electron chi connectivity index (χ4n) is 4.66. The van der Waals surface area contributed by atoms with E-state index in [-0.39, 0.29) is 43.6 Å². The molecule has 5 atom stereocenters. The number of aliphatic hydroxyl groups is 1. The van der Waals surface area contributed by atoms with Crippen molar-refractivity contribution in [1.82, 2.24) is 37.2 Å². The van der Waals surface area contributed by atoms with Crippen LogP contribution in [-0.4, -0.2) is 122 Å². The average molecular weight is 742 g/mol. The number of nitrogens with zero attached hydrogens (tertiary/aromatic N) is 1. The van der Waals surface area contributed by atoms with Crippen LogP contribution >= 0.6 is 0 Å². The van der Waals surface area contributed by atoms with E-state index in [0.717, 1.165) is 0 Å². The van der Waals surface area contributed by atoms with Crippen molar-refractivity contribution in [2.45, 2.75) is 109 Å². The summed E-state index contributed by atoms with van der Waals surface area (Å²) in [7, 11) is 0. The van der Waals surface area contributed by atoms with Crippen molar-refractivity contribution in [3.63, 3.8) is 0 Å². The van der Waals surface area contributed by atoms with Crippen LogP contribution in [0.3, 0.4) is 0 Å². The molecule has 0 heterocycles. The number of nitrogens with one attached hydrogen (secondary N) is 7.